The maximum atomic E-state index is 11.4. The Kier molecular flexibility index (Phi) is 2.91. The Balaban J connectivity index is 1.84. The van der Waals surface area contributed by atoms with Crippen molar-refractivity contribution in [3.05, 3.63) is 24.0 Å². The number of alkyl halides is 1. The maximum Gasteiger partial charge on any atom is 0.223 e. The highest BCUT2D eigenvalue weighted by Gasteiger charge is 2.26. The minimum atomic E-state index is 0.266. The van der Waals surface area contributed by atoms with E-state index in [1.165, 1.54) is 5.56 Å². The Morgan fingerprint density at radius 1 is 1.64 bits per heavy atom. The Morgan fingerprint density at radius 3 is 3.07 bits per heavy atom. The van der Waals surface area contributed by atoms with Crippen molar-refractivity contribution < 1.29 is 4.79 Å². The van der Waals surface area contributed by atoms with Crippen LogP contribution in [-0.4, -0.2) is 33.7 Å². The molecule has 1 atom stereocenters. The highest BCUT2D eigenvalue weighted by Crippen LogP contribution is 2.18. The number of nitrogens with zero attached hydrogens (tertiary/aromatic N) is 1. The molecule has 1 fully saturated rings. The van der Waals surface area contributed by atoms with E-state index in [9.17, 15) is 4.79 Å². The first kappa shape index (κ1) is 9.77. The molecule has 0 radical (unpaired) electrons. The van der Waals surface area contributed by atoms with E-state index in [1.54, 1.807) is 0 Å². The number of H-pyrrole nitrogens is 1. The van der Waals surface area contributed by atoms with Crippen molar-refractivity contribution in [1.29, 1.82) is 0 Å². The molecule has 14 heavy (non-hydrogen) atoms. The molecule has 0 spiro atoms. The molecule has 1 N–H and O–H groups in total. The summed E-state index contributed by atoms with van der Waals surface area (Å²) in [6.07, 6.45) is 5.47. The van der Waals surface area contributed by atoms with E-state index >= 15 is 0 Å². The van der Waals surface area contributed by atoms with Crippen LogP contribution in [0.25, 0.3) is 0 Å². The zero-order valence-corrected chi connectivity index (χ0v) is 9.46. The lowest BCUT2D eigenvalue weighted by Crippen LogP contribution is -2.27. The lowest BCUT2D eigenvalue weighted by Gasteiger charge is -2.14. The van der Waals surface area contributed by atoms with E-state index in [2.05, 4.69) is 20.9 Å². The quantitative estimate of drug-likeness (QED) is 0.819. The number of hydrogen-bond donors (Lipinski definition) is 1. The Bertz CT molecular complexity index is 310. The van der Waals surface area contributed by atoms with E-state index in [0.717, 1.165) is 19.5 Å². The molecule has 1 amide bonds. The topological polar surface area (TPSA) is 36.1 Å². The summed E-state index contributed by atoms with van der Waals surface area (Å²) in [5.74, 6) is 0.266. The van der Waals surface area contributed by atoms with Crippen molar-refractivity contribution in [3.8, 4) is 0 Å². The Morgan fingerprint density at radius 2 is 2.50 bits per heavy atom. The smallest absolute Gasteiger partial charge is 0.223 e. The maximum absolute atomic E-state index is 11.4. The van der Waals surface area contributed by atoms with Crippen LogP contribution in [0.15, 0.2) is 18.5 Å². The molecule has 1 saturated heterocycles. The molecule has 1 aromatic rings. The molecular formula is C10H13BrN2O. The van der Waals surface area contributed by atoms with Gasteiger partial charge in [0.25, 0.3) is 0 Å². The van der Waals surface area contributed by atoms with Gasteiger partial charge < -0.3 is 9.88 Å². The predicted octanol–water partition coefficient (Wildman–Crippen LogP) is 1.55. The Hall–Kier alpha value is -0.770. The van der Waals surface area contributed by atoms with Crippen LogP contribution in [0.3, 0.4) is 0 Å². The highest BCUT2D eigenvalue weighted by molar-refractivity contribution is 9.09. The van der Waals surface area contributed by atoms with Crippen LogP contribution < -0.4 is 0 Å². The van der Waals surface area contributed by atoms with Crippen molar-refractivity contribution in [1.82, 2.24) is 9.88 Å². The van der Waals surface area contributed by atoms with Gasteiger partial charge in [-0.3, -0.25) is 4.79 Å². The molecule has 0 aliphatic carbocycles. The van der Waals surface area contributed by atoms with Gasteiger partial charge in [-0.25, -0.2) is 0 Å². The fourth-order valence-corrected chi connectivity index (χ4v) is 2.34. The van der Waals surface area contributed by atoms with E-state index in [0.29, 0.717) is 11.2 Å². The van der Waals surface area contributed by atoms with Crippen molar-refractivity contribution >= 4 is 21.8 Å². The molecule has 1 aliphatic rings. The van der Waals surface area contributed by atoms with Crippen LogP contribution in [0, 0.1) is 0 Å². The molecule has 2 rings (SSSR count). The summed E-state index contributed by atoms with van der Waals surface area (Å²) < 4.78 is 0. The van der Waals surface area contributed by atoms with E-state index in [-0.39, 0.29) is 5.91 Å². The number of aromatic amines is 1. The minimum absolute atomic E-state index is 0.266. The van der Waals surface area contributed by atoms with Gasteiger partial charge in [0, 0.05) is 36.7 Å². The molecule has 4 heteroatoms. The second-order valence-corrected chi connectivity index (χ2v) is 4.91. The van der Waals surface area contributed by atoms with Gasteiger partial charge in [0.05, 0.1) is 0 Å². The summed E-state index contributed by atoms with van der Waals surface area (Å²) >= 11 is 3.47. The fraction of sp³-hybridized carbons (Fsp3) is 0.500. The van der Waals surface area contributed by atoms with Crippen molar-refractivity contribution in [3.63, 3.8) is 0 Å². The fourth-order valence-electron chi connectivity index (χ4n) is 1.72. The summed E-state index contributed by atoms with van der Waals surface area (Å²) in [5, 5.41) is 0. The standard InChI is InChI=1S/C10H13BrN2O/c11-9-5-10(14)13(7-9)4-2-8-1-3-12-6-8/h1,3,6,9,12H,2,4-5,7H2. The third-order valence-electron chi connectivity index (χ3n) is 2.50. The number of carbonyl (C=O) groups excluding carboxylic acids is 1. The van der Waals surface area contributed by atoms with E-state index in [4.69, 9.17) is 0 Å². The molecule has 0 aromatic carbocycles. The van der Waals surface area contributed by atoms with Gasteiger partial charge in [0.15, 0.2) is 0 Å². The molecule has 3 nitrogen and oxygen atoms in total. The van der Waals surface area contributed by atoms with Crippen molar-refractivity contribution in [2.45, 2.75) is 17.7 Å². The number of aromatic nitrogens is 1. The van der Waals surface area contributed by atoms with Crippen LogP contribution >= 0.6 is 15.9 Å². The van der Waals surface area contributed by atoms with Crippen LogP contribution in [0.5, 0.6) is 0 Å². The number of likely N-dealkylation sites (tertiary alicyclic amines) is 1. The van der Waals surface area contributed by atoms with Gasteiger partial charge >= 0.3 is 0 Å². The van der Waals surface area contributed by atoms with Crippen LogP contribution in [-0.2, 0) is 11.2 Å². The largest absolute Gasteiger partial charge is 0.367 e. The van der Waals surface area contributed by atoms with Crippen LogP contribution in [0.1, 0.15) is 12.0 Å². The summed E-state index contributed by atoms with van der Waals surface area (Å²) in [6.45, 7) is 1.68. The Labute approximate surface area is 91.6 Å². The molecule has 1 unspecified atom stereocenters. The SMILES string of the molecule is O=C1CC(Br)CN1CCc1cc[nH]c1. The summed E-state index contributed by atoms with van der Waals surface area (Å²) in [5.41, 5.74) is 1.26. The third-order valence-corrected chi connectivity index (χ3v) is 3.11. The summed E-state index contributed by atoms with van der Waals surface area (Å²) in [4.78, 5) is 16.7. The first-order chi connectivity index (χ1) is 6.75. The highest BCUT2D eigenvalue weighted by atomic mass is 79.9. The number of nitrogens with one attached hydrogen (secondary N) is 1. The number of halogens is 1. The van der Waals surface area contributed by atoms with E-state index < -0.39 is 0 Å². The van der Waals surface area contributed by atoms with Crippen LogP contribution in [0.2, 0.25) is 0 Å². The van der Waals surface area contributed by atoms with E-state index in [1.807, 2.05) is 23.4 Å². The molecule has 0 bridgehead atoms. The molecule has 2 heterocycles. The van der Waals surface area contributed by atoms with Crippen LogP contribution in [0.4, 0.5) is 0 Å². The zero-order valence-electron chi connectivity index (χ0n) is 7.87. The van der Waals surface area contributed by atoms with Crippen molar-refractivity contribution in [2.75, 3.05) is 13.1 Å². The molecule has 76 valence electrons. The minimum Gasteiger partial charge on any atom is -0.367 e. The predicted molar refractivity (Wildman–Crippen MR) is 58.4 cm³/mol. The van der Waals surface area contributed by atoms with Gasteiger partial charge in [-0.15, -0.1) is 0 Å². The number of hydrogen-bond acceptors (Lipinski definition) is 1. The average molecular weight is 257 g/mol. The third kappa shape index (κ3) is 2.18. The van der Waals surface area contributed by atoms with Gasteiger partial charge in [0.2, 0.25) is 5.91 Å². The normalized spacial score (nSPS) is 21.9. The zero-order chi connectivity index (χ0) is 9.97. The lowest BCUT2D eigenvalue weighted by molar-refractivity contribution is -0.127. The first-order valence-electron chi connectivity index (χ1n) is 4.79. The summed E-state index contributed by atoms with van der Waals surface area (Å²) in [7, 11) is 0. The van der Waals surface area contributed by atoms with Gasteiger partial charge in [-0.2, -0.15) is 0 Å². The monoisotopic (exact) mass is 256 g/mol. The second-order valence-electron chi connectivity index (χ2n) is 3.61. The summed E-state index contributed by atoms with van der Waals surface area (Å²) in [6, 6.07) is 2.05. The number of carbonyl (C=O) groups is 1. The van der Waals surface area contributed by atoms with Gasteiger partial charge in [-0.1, -0.05) is 15.9 Å². The van der Waals surface area contributed by atoms with Gasteiger partial charge in [-0.05, 0) is 18.1 Å². The van der Waals surface area contributed by atoms with Crippen molar-refractivity contribution in [2.24, 2.45) is 0 Å². The molecule has 1 aromatic heterocycles. The van der Waals surface area contributed by atoms with Gasteiger partial charge in [0.1, 0.15) is 0 Å². The average Bonchev–Trinajstić information content (AvgIpc) is 2.72. The lowest BCUT2D eigenvalue weighted by atomic mass is 10.2. The number of rotatable bonds is 3. The number of amides is 1. The molecule has 1 aliphatic heterocycles. The second kappa shape index (κ2) is 4.17. The first-order valence-corrected chi connectivity index (χ1v) is 5.71. The molecule has 0 saturated carbocycles. The molecular weight excluding hydrogens is 244 g/mol.